The second-order valence-corrected chi connectivity index (χ2v) is 6.08. The minimum atomic E-state index is -0.458. The van der Waals surface area contributed by atoms with Gasteiger partial charge in [0.1, 0.15) is 5.75 Å². The lowest BCUT2D eigenvalue weighted by Crippen LogP contribution is -2.07. The number of carbonyl (C=O) groups excluding carboxylic acids is 1. The number of benzene rings is 2. The van der Waals surface area contributed by atoms with Crippen molar-refractivity contribution in [1.29, 1.82) is 0 Å². The van der Waals surface area contributed by atoms with Crippen molar-refractivity contribution in [3.8, 4) is 5.75 Å². The van der Waals surface area contributed by atoms with Gasteiger partial charge in [0, 0.05) is 16.5 Å². The number of aryl methyl sites for hydroxylation is 1. The van der Waals surface area contributed by atoms with Crippen LogP contribution >= 0.6 is 11.6 Å². The fourth-order valence-electron chi connectivity index (χ4n) is 2.89. The molecule has 0 aliphatic rings. The van der Waals surface area contributed by atoms with Gasteiger partial charge in [-0.25, -0.2) is 4.79 Å². The maximum Gasteiger partial charge on any atom is 0.359 e. The molecule has 0 saturated carbocycles. The Bertz CT molecular complexity index is 934. The monoisotopic (exact) mass is 358 g/mol. The van der Waals surface area contributed by atoms with Crippen molar-refractivity contribution in [3.63, 3.8) is 0 Å². The van der Waals surface area contributed by atoms with Gasteiger partial charge in [0.2, 0.25) is 0 Å². The van der Waals surface area contributed by atoms with Crippen molar-refractivity contribution < 1.29 is 14.3 Å². The Balaban J connectivity index is 2.13. The fraction of sp³-hybridized carbons (Fsp3) is 0.263. The van der Waals surface area contributed by atoms with E-state index in [0.717, 1.165) is 28.5 Å². The van der Waals surface area contributed by atoms with Crippen molar-refractivity contribution in [3.05, 3.63) is 58.2 Å². The molecule has 0 fully saturated rings. The molecule has 0 atom stereocenters. The molecule has 0 saturated heterocycles. The third-order valence-electron chi connectivity index (χ3n) is 4.21. The van der Waals surface area contributed by atoms with Gasteiger partial charge in [-0.2, -0.15) is 5.10 Å². The standard InChI is InChI=1S/C19H19ClN2O3/c1-4-12-9-14(20)6-5-13(12)11-22-17-10-15(24-2)7-8-16(17)18(21-22)19(23)25-3/h5-10H,4,11H2,1-3H3. The molecule has 130 valence electrons. The first-order valence-electron chi connectivity index (χ1n) is 7.97. The van der Waals surface area contributed by atoms with Crippen LogP contribution in [0.25, 0.3) is 10.9 Å². The molecule has 0 unspecified atom stereocenters. The average Bonchev–Trinajstić information content (AvgIpc) is 3.00. The van der Waals surface area contributed by atoms with E-state index in [9.17, 15) is 4.79 Å². The number of rotatable bonds is 5. The topological polar surface area (TPSA) is 53.4 Å². The number of aromatic nitrogens is 2. The largest absolute Gasteiger partial charge is 0.497 e. The Hall–Kier alpha value is -2.53. The van der Waals surface area contributed by atoms with Crippen molar-refractivity contribution >= 4 is 28.5 Å². The van der Waals surface area contributed by atoms with Gasteiger partial charge in [0.25, 0.3) is 0 Å². The van der Waals surface area contributed by atoms with Gasteiger partial charge in [0.15, 0.2) is 5.69 Å². The first-order valence-corrected chi connectivity index (χ1v) is 8.35. The third kappa shape index (κ3) is 3.33. The number of esters is 1. The number of nitrogens with zero attached hydrogens (tertiary/aromatic N) is 2. The molecule has 0 aliphatic heterocycles. The van der Waals surface area contributed by atoms with Gasteiger partial charge >= 0.3 is 5.97 Å². The second kappa shape index (κ2) is 7.15. The van der Waals surface area contributed by atoms with Crippen molar-refractivity contribution in [2.75, 3.05) is 14.2 Å². The first kappa shape index (κ1) is 17.3. The van der Waals surface area contributed by atoms with E-state index in [0.29, 0.717) is 23.0 Å². The van der Waals surface area contributed by atoms with Crippen LogP contribution in [0.15, 0.2) is 36.4 Å². The fourth-order valence-corrected chi connectivity index (χ4v) is 3.08. The summed E-state index contributed by atoms with van der Waals surface area (Å²) in [5.74, 6) is 0.248. The third-order valence-corrected chi connectivity index (χ3v) is 4.44. The van der Waals surface area contributed by atoms with E-state index in [1.807, 2.05) is 30.3 Å². The van der Waals surface area contributed by atoms with E-state index < -0.39 is 5.97 Å². The zero-order chi connectivity index (χ0) is 18.0. The van der Waals surface area contributed by atoms with Gasteiger partial charge in [-0.1, -0.05) is 24.6 Å². The predicted octanol–water partition coefficient (Wildman–Crippen LogP) is 4.10. The summed E-state index contributed by atoms with van der Waals surface area (Å²) in [7, 11) is 2.96. The van der Waals surface area contributed by atoms with Gasteiger partial charge < -0.3 is 9.47 Å². The quantitative estimate of drug-likeness (QED) is 0.644. The maximum absolute atomic E-state index is 12.1. The van der Waals surface area contributed by atoms with Gasteiger partial charge in [0.05, 0.1) is 26.3 Å². The summed E-state index contributed by atoms with van der Waals surface area (Å²) in [6.07, 6.45) is 0.863. The summed E-state index contributed by atoms with van der Waals surface area (Å²) in [6.45, 7) is 2.61. The minimum Gasteiger partial charge on any atom is -0.497 e. The van der Waals surface area contributed by atoms with E-state index in [1.54, 1.807) is 17.9 Å². The lowest BCUT2D eigenvalue weighted by molar-refractivity contribution is 0.0595. The highest BCUT2D eigenvalue weighted by Crippen LogP contribution is 2.26. The van der Waals surface area contributed by atoms with E-state index in [4.69, 9.17) is 21.1 Å². The van der Waals surface area contributed by atoms with Crippen LogP contribution in [0.4, 0.5) is 0 Å². The molecule has 25 heavy (non-hydrogen) atoms. The average molecular weight is 359 g/mol. The summed E-state index contributed by atoms with van der Waals surface area (Å²) in [6, 6.07) is 11.3. The SMILES string of the molecule is CCc1cc(Cl)ccc1Cn1nc(C(=O)OC)c2ccc(OC)cc21. The number of methoxy groups -OCH3 is 2. The van der Waals surface area contributed by atoms with Crippen LogP contribution < -0.4 is 4.74 Å². The molecule has 0 spiro atoms. The molecule has 3 aromatic rings. The zero-order valence-electron chi connectivity index (χ0n) is 14.4. The molecule has 6 heteroatoms. The normalized spacial score (nSPS) is 10.9. The maximum atomic E-state index is 12.1. The molecule has 0 radical (unpaired) electrons. The second-order valence-electron chi connectivity index (χ2n) is 5.65. The van der Waals surface area contributed by atoms with Crippen molar-refractivity contribution in [2.45, 2.75) is 19.9 Å². The van der Waals surface area contributed by atoms with Crippen molar-refractivity contribution in [1.82, 2.24) is 9.78 Å². The van der Waals surface area contributed by atoms with Crippen LogP contribution in [0.2, 0.25) is 5.02 Å². The molecule has 0 N–H and O–H groups in total. The summed E-state index contributed by atoms with van der Waals surface area (Å²) in [5.41, 5.74) is 3.37. The Morgan fingerprint density at radius 3 is 2.64 bits per heavy atom. The van der Waals surface area contributed by atoms with Crippen LogP contribution in [0, 0.1) is 0 Å². The zero-order valence-corrected chi connectivity index (χ0v) is 15.1. The van der Waals surface area contributed by atoms with Crippen LogP contribution in [0.3, 0.4) is 0 Å². The number of halogens is 1. The Morgan fingerprint density at radius 1 is 1.16 bits per heavy atom. The predicted molar refractivity (Wildman–Crippen MR) is 97.6 cm³/mol. The summed E-state index contributed by atoms with van der Waals surface area (Å²) in [4.78, 5) is 12.1. The van der Waals surface area contributed by atoms with Crippen LogP contribution in [-0.4, -0.2) is 30.0 Å². The molecule has 1 heterocycles. The first-order chi connectivity index (χ1) is 12.1. The lowest BCUT2D eigenvalue weighted by Gasteiger charge is -2.10. The summed E-state index contributed by atoms with van der Waals surface area (Å²) in [5, 5.41) is 5.93. The van der Waals surface area contributed by atoms with Crippen LogP contribution in [-0.2, 0) is 17.7 Å². The molecule has 5 nitrogen and oxygen atoms in total. The van der Waals surface area contributed by atoms with E-state index >= 15 is 0 Å². The van der Waals surface area contributed by atoms with Gasteiger partial charge in [-0.05, 0) is 41.8 Å². The molecule has 0 aliphatic carbocycles. The number of hydrogen-bond acceptors (Lipinski definition) is 4. The van der Waals surface area contributed by atoms with E-state index in [-0.39, 0.29) is 0 Å². The minimum absolute atomic E-state index is 0.298. The molecule has 2 aromatic carbocycles. The van der Waals surface area contributed by atoms with Gasteiger partial charge in [-0.15, -0.1) is 0 Å². The number of fused-ring (bicyclic) bond motifs is 1. The highest BCUT2D eigenvalue weighted by molar-refractivity contribution is 6.30. The Kier molecular flexibility index (Phi) is 4.95. The molecular weight excluding hydrogens is 340 g/mol. The molecular formula is C19H19ClN2O3. The lowest BCUT2D eigenvalue weighted by atomic mass is 10.1. The van der Waals surface area contributed by atoms with E-state index in [1.165, 1.54) is 7.11 Å². The number of hydrogen-bond donors (Lipinski definition) is 0. The van der Waals surface area contributed by atoms with Crippen LogP contribution in [0.1, 0.15) is 28.5 Å². The highest BCUT2D eigenvalue weighted by atomic mass is 35.5. The molecule has 1 aromatic heterocycles. The Morgan fingerprint density at radius 2 is 1.96 bits per heavy atom. The van der Waals surface area contributed by atoms with Gasteiger partial charge in [-0.3, -0.25) is 4.68 Å². The highest BCUT2D eigenvalue weighted by Gasteiger charge is 2.19. The van der Waals surface area contributed by atoms with E-state index in [2.05, 4.69) is 12.0 Å². The summed E-state index contributed by atoms with van der Waals surface area (Å²) >= 11 is 6.10. The van der Waals surface area contributed by atoms with Crippen molar-refractivity contribution in [2.24, 2.45) is 0 Å². The smallest absolute Gasteiger partial charge is 0.359 e. The van der Waals surface area contributed by atoms with Crippen LogP contribution in [0.5, 0.6) is 5.75 Å². The number of carbonyl (C=O) groups is 1. The Labute approximate surface area is 151 Å². The number of ether oxygens (including phenoxy) is 2. The molecule has 0 bridgehead atoms. The summed E-state index contributed by atoms with van der Waals surface area (Å²) < 4.78 is 12.0. The molecule has 3 rings (SSSR count). The molecule has 0 amide bonds.